The van der Waals surface area contributed by atoms with Gasteiger partial charge in [0.15, 0.2) is 10.2 Å². The minimum absolute atomic E-state index is 0.208. The molecule has 3 heterocycles. The van der Waals surface area contributed by atoms with E-state index in [1.165, 1.54) is 16.9 Å². The summed E-state index contributed by atoms with van der Waals surface area (Å²) in [6.45, 7) is 3.67. The molecule has 2 aromatic heterocycles. The molecular weight excluding hydrogens is 452 g/mol. The van der Waals surface area contributed by atoms with Crippen LogP contribution in [0.3, 0.4) is 0 Å². The van der Waals surface area contributed by atoms with E-state index in [1.54, 1.807) is 38.1 Å². The molecule has 0 aliphatic carbocycles. The molecule has 34 heavy (non-hydrogen) atoms. The first-order chi connectivity index (χ1) is 16.5. The van der Waals surface area contributed by atoms with Crippen LogP contribution in [0.2, 0.25) is 0 Å². The molecule has 1 aliphatic rings. The van der Waals surface area contributed by atoms with E-state index >= 15 is 0 Å². The molecule has 1 aliphatic heterocycles. The molecule has 0 N–H and O–H groups in total. The lowest BCUT2D eigenvalue weighted by atomic mass is 9.96. The molecule has 5 rings (SSSR count). The summed E-state index contributed by atoms with van der Waals surface area (Å²) in [5, 5.41) is 0.437. The van der Waals surface area contributed by atoms with Crippen molar-refractivity contribution in [1.82, 2.24) is 4.57 Å². The van der Waals surface area contributed by atoms with Crippen LogP contribution in [0, 0.1) is 0 Å². The third kappa shape index (κ3) is 3.62. The zero-order valence-electron chi connectivity index (χ0n) is 18.5. The van der Waals surface area contributed by atoms with Gasteiger partial charge in [0.05, 0.1) is 39.4 Å². The van der Waals surface area contributed by atoms with Gasteiger partial charge in [-0.05, 0) is 37.6 Å². The Bertz CT molecular complexity index is 1690. The van der Waals surface area contributed by atoms with E-state index < -0.39 is 12.0 Å². The molecule has 1 atom stereocenters. The number of hydrogen-bond acceptors (Lipinski definition) is 7. The quantitative estimate of drug-likeness (QED) is 0.426. The van der Waals surface area contributed by atoms with Gasteiger partial charge in [-0.25, -0.2) is 9.79 Å². The van der Waals surface area contributed by atoms with E-state index in [9.17, 15) is 14.4 Å². The third-order valence-electron chi connectivity index (χ3n) is 5.63. The van der Waals surface area contributed by atoms with E-state index in [4.69, 9.17) is 9.15 Å². The summed E-state index contributed by atoms with van der Waals surface area (Å²) in [4.78, 5) is 44.4. The fourth-order valence-electron chi connectivity index (χ4n) is 4.08. The second-order valence-electron chi connectivity index (χ2n) is 7.73. The maximum absolute atomic E-state index is 13.6. The van der Waals surface area contributed by atoms with Crippen LogP contribution in [0.5, 0.6) is 0 Å². The van der Waals surface area contributed by atoms with Crippen LogP contribution in [0.15, 0.2) is 91.1 Å². The monoisotopic (exact) mass is 472 g/mol. The van der Waals surface area contributed by atoms with E-state index in [-0.39, 0.29) is 23.2 Å². The second kappa shape index (κ2) is 8.72. The second-order valence-corrected chi connectivity index (χ2v) is 8.74. The summed E-state index contributed by atoms with van der Waals surface area (Å²) in [5.41, 5.74) is 1.74. The van der Waals surface area contributed by atoms with Crippen molar-refractivity contribution in [2.24, 2.45) is 4.99 Å². The third-order valence-corrected chi connectivity index (χ3v) is 6.61. The Morgan fingerprint density at radius 2 is 1.88 bits per heavy atom. The zero-order valence-corrected chi connectivity index (χ0v) is 19.3. The molecule has 0 fully saturated rings. The number of para-hydroxylation sites is 1. The summed E-state index contributed by atoms with van der Waals surface area (Å²) in [5.74, 6) is -0.512. The highest BCUT2D eigenvalue weighted by atomic mass is 32.1. The first-order valence-electron chi connectivity index (χ1n) is 10.7. The summed E-state index contributed by atoms with van der Waals surface area (Å²) >= 11 is 1.16. The highest BCUT2D eigenvalue weighted by Crippen LogP contribution is 2.30. The highest BCUT2D eigenvalue weighted by Gasteiger charge is 2.33. The molecular formula is C26H20N2O5S. The van der Waals surface area contributed by atoms with E-state index in [1.807, 2.05) is 30.3 Å². The number of aromatic nitrogens is 1. The molecule has 4 aromatic rings. The van der Waals surface area contributed by atoms with Crippen LogP contribution in [0.25, 0.3) is 17.0 Å². The number of ether oxygens (including phenoxy) is 1. The number of hydrogen-bond donors (Lipinski definition) is 0. The number of allylic oxidation sites excluding steroid dienone is 1. The van der Waals surface area contributed by atoms with Crippen LogP contribution >= 0.6 is 11.3 Å². The highest BCUT2D eigenvalue weighted by molar-refractivity contribution is 7.07. The maximum atomic E-state index is 13.6. The van der Waals surface area contributed by atoms with Crippen molar-refractivity contribution in [3.8, 4) is 0 Å². The first-order valence-corrected chi connectivity index (χ1v) is 11.6. The smallest absolute Gasteiger partial charge is 0.338 e. The lowest BCUT2D eigenvalue weighted by molar-refractivity contribution is -0.139. The molecule has 2 aromatic carbocycles. The lowest BCUT2D eigenvalue weighted by Gasteiger charge is -2.24. The first kappa shape index (κ1) is 21.8. The van der Waals surface area contributed by atoms with Crippen molar-refractivity contribution in [3.05, 3.63) is 113 Å². The molecule has 0 radical (unpaired) electrons. The van der Waals surface area contributed by atoms with Gasteiger partial charge in [0, 0.05) is 0 Å². The lowest BCUT2D eigenvalue weighted by Crippen LogP contribution is -2.40. The van der Waals surface area contributed by atoms with Gasteiger partial charge < -0.3 is 9.15 Å². The maximum Gasteiger partial charge on any atom is 0.338 e. The van der Waals surface area contributed by atoms with Gasteiger partial charge in [0.25, 0.3) is 5.56 Å². The van der Waals surface area contributed by atoms with Crippen LogP contribution < -0.4 is 20.3 Å². The molecule has 0 unspecified atom stereocenters. The summed E-state index contributed by atoms with van der Waals surface area (Å²) in [6.07, 6.45) is 2.88. The van der Waals surface area contributed by atoms with Gasteiger partial charge in [-0.15, -0.1) is 0 Å². The fraction of sp³-hybridized carbons (Fsp3) is 0.154. The van der Waals surface area contributed by atoms with Crippen molar-refractivity contribution in [3.63, 3.8) is 0 Å². The Morgan fingerprint density at radius 3 is 2.65 bits per heavy atom. The Kier molecular flexibility index (Phi) is 5.59. The Hall–Kier alpha value is -4.04. The Balaban J connectivity index is 1.74. The summed E-state index contributed by atoms with van der Waals surface area (Å²) in [7, 11) is 0. The zero-order chi connectivity index (χ0) is 23.8. The van der Waals surface area contributed by atoms with Crippen molar-refractivity contribution in [2.45, 2.75) is 19.9 Å². The van der Waals surface area contributed by atoms with E-state index in [0.29, 0.717) is 31.6 Å². The largest absolute Gasteiger partial charge is 0.463 e. The average molecular weight is 473 g/mol. The average Bonchev–Trinajstić information content (AvgIpc) is 3.15. The molecule has 0 saturated carbocycles. The topological polar surface area (TPSA) is 90.9 Å². The number of carbonyl (C=O) groups excluding carboxylic acids is 1. The Labute approximate surface area is 197 Å². The van der Waals surface area contributed by atoms with E-state index in [2.05, 4.69) is 4.99 Å². The van der Waals surface area contributed by atoms with Crippen LogP contribution in [-0.2, 0) is 9.53 Å². The van der Waals surface area contributed by atoms with Crippen LogP contribution in [-0.4, -0.2) is 17.1 Å². The number of rotatable bonds is 4. The van der Waals surface area contributed by atoms with Gasteiger partial charge in [0.1, 0.15) is 11.8 Å². The number of carbonyl (C=O) groups is 1. The standard InChI is InChI=1S/C26H20N2O5S/c1-3-32-25(31)21-15(2)27-26-28(22(21)16-9-5-4-6-10-16)24(30)20(34-26)13-17-14-33-19-12-8-7-11-18(19)23(17)29/h4-14,22H,3H2,1-2H3/b20-13-/t22-/m0/s1. The van der Waals surface area contributed by atoms with Crippen molar-refractivity contribution in [1.29, 1.82) is 0 Å². The van der Waals surface area contributed by atoms with Gasteiger partial charge in [-0.1, -0.05) is 53.8 Å². The number of benzene rings is 2. The summed E-state index contributed by atoms with van der Waals surface area (Å²) < 4.78 is 12.7. The van der Waals surface area contributed by atoms with Crippen LogP contribution in [0.4, 0.5) is 0 Å². The molecule has 0 saturated heterocycles. The predicted octanol–water partition coefficient (Wildman–Crippen LogP) is 2.90. The SMILES string of the molecule is CCOC(=O)C1=C(C)N=c2s/c(=C\c3coc4ccccc4c3=O)c(=O)n2[C@H]1c1ccccc1. The minimum Gasteiger partial charge on any atom is -0.463 e. The fourth-order valence-corrected chi connectivity index (χ4v) is 5.11. The number of esters is 1. The molecule has 0 amide bonds. The predicted molar refractivity (Wildman–Crippen MR) is 129 cm³/mol. The van der Waals surface area contributed by atoms with Crippen molar-refractivity contribution in [2.75, 3.05) is 6.61 Å². The Morgan fingerprint density at radius 1 is 1.15 bits per heavy atom. The minimum atomic E-state index is -0.688. The van der Waals surface area contributed by atoms with E-state index in [0.717, 1.165) is 16.9 Å². The van der Waals surface area contributed by atoms with Gasteiger partial charge >= 0.3 is 5.97 Å². The van der Waals surface area contributed by atoms with Gasteiger partial charge in [-0.2, -0.15) is 0 Å². The molecule has 0 bridgehead atoms. The molecule has 7 nitrogen and oxygen atoms in total. The van der Waals surface area contributed by atoms with Crippen LogP contribution in [0.1, 0.15) is 31.0 Å². The van der Waals surface area contributed by atoms with Gasteiger partial charge in [-0.3, -0.25) is 14.2 Å². The molecule has 0 spiro atoms. The normalized spacial score (nSPS) is 15.8. The number of nitrogens with zero attached hydrogens (tertiary/aromatic N) is 2. The molecule has 8 heteroatoms. The van der Waals surface area contributed by atoms with Crippen molar-refractivity contribution >= 4 is 34.4 Å². The number of thiazole rings is 1. The van der Waals surface area contributed by atoms with Crippen molar-refractivity contribution < 1.29 is 13.9 Å². The summed E-state index contributed by atoms with van der Waals surface area (Å²) in [6, 6.07) is 15.5. The molecule has 170 valence electrons. The van der Waals surface area contributed by atoms with Gasteiger partial charge in [0.2, 0.25) is 0 Å². The number of fused-ring (bicyclic) bond motifs is 2.